The third-order valence-electron chi connectivity index (χ3n) is 5.72. The largest absolute Gasteiger partial charge is 0.336 e. The molecule has 0 radical (unpaired) electrons. The molecule has 4 aliphatic rings. The van der Waals surface area contributed by atoms with Crippen LogP contribution in [0.25, 0.3) is 0 Å². The Balaban J connectivity index is 1.71. The average Bonchev–Trinajstić information content (AvgIpc) is 2.99. The smallest absolute Gasteiger partial charge is 0.236 e. The topological polar surface area (TPSA) is 49.6 Å². The van der Waals surface area contributed by atoms with Gasteiger partial charge in [-0.15, -0.1) is 0 Å². The predicted molar refractivity (Wildman–Crippen MR) is 81.8 cm³/mol. The zero-order valence-corrected chi connectivity index (χ0v) is 12.3. The summed E-state index contributed by atoms with van der Waals surface area (Å²) in [6.45, 7) is 3.36. The summed E-state index contributed by atoms with van der Waals surface area (Å²) in [6.07, 6.45) is 2.47. The third-order valence-corrected chi connectivity index (χ3v) is 5.72. The standard InChI is InChI=1S/C17H23N3O/c18-10-15(21)20-11-14(12-4-2-1-3-5-12)17-16(20)13-6-8-19(17)9-7-13/h1-5,13-14,16-17H,6-11,18H2/t14-,16-,17-/m1/s1. The molecule has 1 amide bonds. The number of carbonyl (C=O) groups is 1. The van der Waals surface area contributed by atoms with Crippen molar-refractivity contribution in [2.45, 2.75) is 30.8 Å². The van der Waals surface area contributed by atoms with E-state index in [1.807, 2.05) is 0 Å². The number of hydrogen-bond donors (Lipinski definition) is 1. The fraction of sp³-hybridized carbons (Fsp3) is 0.588. The maximum atomic E-state index is 12.3. The van der Waals surface area contributed by atoms with Gasteiger partial charge in [0.2, 0.25) is 5.91 Å². The van der Waals surface area contributed by atoms with E-state index in [-0.39, 0.29) is 12.5 Å². The highest BCUT2D eigenvalue weighted by atomic mass is 16.2. The van der Waals surface area contributed by atoms with Crippen LogP contribution >= 0.6 is 0 Å². The number of hydrogen-bond acceptors (Lipinski definition) is 3. The van der Waals surface area contributed by atoms with Crippen molar-refractivity contribution in [3.8, 4) is 0 Å². The Kier molecular flexibility index (Phi) is 3.23. The van der Waals surface area contributed by atoms with Gasteiger partial charge in [0.25, 0.3) is 0 Å². The third kappa shape index (κ3) is 2.00. The molecule has 4 aliphatic heterocycles. The van der Waals surface area contributed by atoms with E-state index in [0.717, 1.165) is 6.54 Å². The minimum atomic E-state index is 0.122. The first-order valence-corrected chi connectivity index (χ1v) is 8.08. The molecule has 3 atom stereocenters. The van der Waals surface area contributed by atoms with Gasteiger partial charge in [0.15, 0.2) is 0 Å². The van der Waals surface area contributed by atoms with Gasteiger partial charge in [0.05, 0.1) is 12.6 Å². The summed E-state index contributed by atoms with van der Waals surface area (Å²) in [6, 6.07) is 11.6. The first-order chi connectivity index (χ1) is 10.3. The Morgan fingerprint density at radius 2 is 1.86 bits per heavy atom. The summed E-state index contributed by atoms with van der Waals surface area (Å²) in [7, 11) is 0. The van der Waals surface area contributed by atoms with Crippen LogP contribution in [-0.2, 0) is 4.79 Å². The monoisotopic (exact) mass is 285 g/mol. The molecule has 112 valence electrons. The molecule has 0 unspecified atom stereocenters. The van der Waals surface area contributed by atoms with Gasteiger partial charge in [-0.05, 0) is 37.4 Å². The van der Waals surface area contributed by atoms with E-state index in [1.54, 1.807) is 0 Å². The van der Waals surface area contributed by atoms with Crippen molar-refractivity contribution in [1.29, 1.82) is 0 Å². The summed E-state index contributed by atoms with van der Waals surface area (Å²) >= 11 is 0. The normalized spacial score (nSPS) is 37.6. The zero-order valence-electron chi connectivity index (χ0n) is 12.3. The molecular weight excluding hydrogens is 262 g/mol. The lowest BCUT2D eigenvalue weighted by atomic mass is 9.75. The Bertz CT molecular complexity index is 524. The summed E-state index contributed by atoms with van der Waals surface area (Å²) in [5.74, 6) is 1.23. The highest BCUT2D eigenvalue weighted by Crippen LogP contribution is 2.46. The van der Waals surface area contributed by atoms with Crippen molar-refractivity contribution in [3.05, 3.63) is 35.9 Å². The number of fused-ring (bicyclic) bond motifs is 2. The van der Waals surface area contributed by atoms with Crippen LogP contribution in [0.15, 0.2) is 30.3 Å². The lowest BCUT2D eigenvalue weighted by Crippen LogP contribution is -2.61. The van der Waals surface area contributed by atoms with Crippen LogP contribution in [0.5, 0.6) is 0 Å². The van der Waals surface area contributed by atoms with Crippen LogP contribution in [-0.4, -0.2) is 54.0 Å². The van der Waals surface area contributed by atoms with Crippen molar-refractivity contribution >= 4 is 5.91 Å². The van der Waals surface area contributed by atoms with Crippen molar-refractivity contribution in [2.75, 3.05) is 26.2 Å². The van der Waals surface area contributed by atoms with Gasteiger partial charge in [-0.1, -0.05) is 30.3 Å². The molecule has 4 saturated heterocycles. The van der Waals surface area contributed by atoms with E-state index in [4.69, 9.17) is 5.73 Å². The minimum Gasteiger partial charge on any atom is -0.336 e. The van der Waals surface area contributed by atoms with Crippen LogP contribution < -0.4 is 5.73 Å². The SMILES string of the molecule is NCC(=O)N1C[C@H](c2ccccc2)[C@@H]2[C@H]1C1CCN2CC1. The molecule has 2 N–H and O–H groups in total. The predicted octanol–water partition coefficient (Wildman–Crippen LogP) is 1.03. The second-order valence-corrected chi connectivity index (χ2v) is 6.62. The van der Waals surface area contributed by atoms with Crippen molar-refractivity contribution in [2.24, 2.45) is 11.7 Å². The number of amides is 1. The van der Waals surface area contributed by atoms with Gasteiger partial charge in [-0.2, -0.15) is 0 Å². The highest BCUT2D eigenvalue weighted by Gasteiger charge is 2.54. The van der Waals surface area contributed by atoms with Gasteiger partial charge in [-0.3, -0.25) is 9.69 Å². The lowest BCUT2D eigenvalue weighted by Gasteiger charge is -2.51. The van der Waals surface area contributed by atoms with Crippen LogP contribution in [0.1, 0.15) is 24.3 Å². The number of nitrogens with two attached hydrogens (primary N) is 1. The molecule has 1 aromatic carbocycles. The second kappa shape index (κ2) is 5.11. The molecule has 5 rings (SSSR count). The molecule has 4 heterocycles. The Morgan fingerprint density at radius 3 is 2.52 bits per heavy atom. The molecule has 21 heavy (non-hydrogen) atoms. The molecule has 0 spiro atoms. The molecule has 0 aliphatic carbocycles. The lowest BCUT2D eigenvalue weighted by molar-refractivity contribution is -0.134. The fourth-order valence-electron chi connectivity index (χ4n) is 4.82. The van der Waals surface area contributed by atoms with Crippen molar-refractivity contribution in [1.82, 2.24) is 9.80 Å². The first kappa shape index (κ1) is 13.3. The van der Waals surface area contributed by atoms with E-state index in [0.29, 0.717) is 23.9 Å². The van der Waals surface area contributed by atoms with Crippen LogP contribution in [0, 0.1) is 5.92 Å². The fourth-order valence-corrected chi connectivity index (χ4v) is 4.82. The van der Waals surface area contributed by atoms with Crippen molar-refractivity contribution in [3.63, 3.8) is 0 Å². The number of nitrogens with zero attached hydrogens (tertiary/aromatic N) is 2. The Hall–Kier alpha value is -1.39. The molecule has 2 bridgehead atoms. The molecule has 1 aromatic rings. The van der Waals surface area contributed by atoms with Crippen LogP contribution in [0.4, 0.5) is 0 Å². The van der Waals surface area contributed by atoms with Gasteiger partial charge in [-0.25, -0.2) is 0 Å². The van der Waals surface area contributed by atoms with Crippen LogP contribution in [0.3, 0.4) is 0 Å². The number of rotatable bonds is 2. The Morgan fingerprint density at radius 1 is 1.14 bits per heavy atom. The quantitative estimate of drug-likeness (QED) is 0.883. The second-order valence-electron chi connectivity index (χ2n) is 6.62. The van der Waals surface area contributed by atoms with E-state index < -0.39 is 0 Å². The molecule has 4 nitrogen and oxygen atoms in total. The average molecular weight is 285 g/mol. The summed E-state index contributed by atoms with van der Waals surface area (Å²) in [5, 5.41) is 0. The van der Waals surface area contributed by atoms with E-state index in [1.165, 1.54) is 31.5 Å². The zero-order chi connectivity index (χ0) is 14.4. The summed E-state index contributed by atoms with van der Waals surface area (Å²) in [5.41, 5.74) is 7.02. The summed E-state index contributed by atoms with van der Waals surface area (Å²) < 4.78 is 0. The molecule has 0 aromatic heterocycles. The minimum absolute atomic E-state index is 0.122. The van der Waals surface area contributed by atoms with E-state index in [2.05, 4.69) is 40.1 Å². The van der Waals surface area contributed by atoms with Gasteiger partial charge in [0.1, 0.15) is 0 Å². The maximum Gasteiger partial charge on any atom is 0.236 e. The van der Waals surface area contributed by atoms with Crippen molar-refractivity contribution < 1.29 is 4.79 Å². The molecular formula is C17H23N3O. The number of piperidine rings is 3. The van der Waals surface area contributed by atoms with Gasteiger partial charge < -0.3 is 10.6 Å². The summed E-state index contributed by atoms with van der Waals surface area (Å²) in [4.78, 5) is 17.0. The van der Waals surface area contributed by atoms with Crippen LogP contribution in [0.2, 0.25) is 0 Å². The van der Waals surface area contributed by atoms with E-state index >= 15 is 0 Å². The molecule has 0 saturated carbocycles. The molecule has 4 heteroatoms. The Labute approximate surface area is 125 Å². The number of benzene rings is 1. The molecule has 4 fully saturated rings. The number of carbonyl (C=O) groups excluding carboxylic acids is 1. The van der Waals surface area contributed by atoms with Gasteiger partial charge in [0, 0.05) is 18.5 Å². The highest BCUT2D eigenvalue weighted by molar-refractivity contribution is 5.79. The van der Waals surface area contributed by atoms with Gasteiger partial charge >= 0.3 is 0 Å². The maximum absolute atomic E-state index is 12.3. The van der Waals surface area contributed by atoms with E-state index in [9.17, 15) is 4.79 Å². The number of likely N-dealkylation sites (tertiary alicyclic amines) is 1. The first-order valence-electron chi connectivity index (χ1n) is 8.08.